The van der Waals surface area contributed by atoms with Crippen LogP contribution in [0.1, 0.15) is 27.7 Å². The van der Waals surface area contributed by atoms with Gasteiger partial charge in [0.05, 0.1) is 29.1 Å². The van der Waals surface area contributed by atoms with Crippen molar-refractivity contribution < 1.29 is 19.1 Å². The molecule has 0 fully saturated rings. The molecule has 5 rings (SSSR count). The Morgan fingerprint density at radius 1 is 1.03 bits per heavy atom. The molecule has 0 saturated carbocycles. The number of hydrogen-bond acceptors (Lipinski definition) is 5. The van der Waals surface area contributed by atoms with Gasteiger partial charge in [-0.25, -0.2) is 0 Å². The molecule has 32 heavy (non-hydrogen) atoms. The first-order chi connectivity index (χ1) is 15.4. The van der Waals surface area contributed by atoms with Crippen molar-refractivity contribution in [3.8, 4) is 11.5 Å². The molecule has 0 spiro atoms. The largest absolute Gasteiger partial charge is 0.508 e. The molecule has 0 saturated heterocycles. The van der Waals surface area contributed by atoms with Crippen LogP contribution in [0, 0.1) is 0 Å². The van der Waals surface area contributed by atoms with Crippen LogP contribution < -0.4 is 15.1 Å². The fourth-order valence-corrected chi connectivity index (χ4v) is 4.45. The van der Waals surface area contributed by atoms with Gasteiger partial charge in [-0.2, -0.15) is 0 Å². The average molecular weight is 468 g/mol. The molecule has 1 N–H and O–H groups in total. The van der Waals surface area contributed by atoms with Crippen LogP contribution >= 0.6 is 23.2 Å². The zero-order valence-corrected chi connectivity index (χ0v) is 18.1. The topological polar surface area (TPSA) is 80.0 Å². The summed E-state index contributed by atoms with van der Waals surface area (Å²) in [4.78, 5) is 28.5. The summed E-state index contributed by atoms with van der Waals surface area (Å²) >= 11 is 12.4. The molecule has 2 heterocycles. The Bertz CT molecular complexity index is 1460. The standard InChI is InChI=1S/C24H15Cl2NO5/c1-31-19-8-6-14(11-17(19)26)27-21(12-3-2-4-15(28)9-12)20-22(29)16-10-13(25)5-7-18(16)32-23(20)24(27)30/h2-11,21,28H,1H3. The number of aromatic hydroxyl groups is 1. The SMILES string of the molecule is COc1ccc(N2C(=O)c3oc4ccc(Cl)cc4c(=O)c3C2c2cccc(O)c2)cc1Cl. The van der Waals surface area contributed by atoms with E-state index in [4.69, 9.17) is 32.4 Å². The number of benzene rings is 3. The van der Waals surface area contributed by atoms with Gasteiger partial charge in [-0.05, 0) is 54.1 Å². The molecule has 3 aromatic carbocycles. The maximum absolute atomic E-state index is 13.5. The Labute approximate surface area is 192 Å². The van der Waals surface area contributed by atoms with Crippen molar-refractivity contribution >= 4 is 45.8 Å². The summed E-state index contributed by atoms with van der Waals surface area (Å²) in [6, 6.07) is 15.1. The minimum atomic E-state index is -0.839. The summed E-state index contributed by atoms with van der Waals surface area (Å²) in [6.07, 6.45) is 0. The van der Waals surface area contributed by atoms with E-state index in [0.717, 1.165) is 0 Å². The first-order valence-electron chi connectivity index (χ1n) is 9.61. The molecule has 4 aromatic rings. The third-order valence-electron chi connectivity index (χ3n) is 5.43. The van der Waals surface area contributed by atoms with E-state index in [1.165, 1.54) is 30.2 Å². The van der Waals surface area contributed by atoms with Crippen LogP contribution in [0.25, 0.3) is 11.0 Å². The van der Waals surface area contributed by atoms with Crippen LogP contribution in [0.5, 0.6) is 11.5 Å². The molecule has 1 amide bonds. The minimum Gasteiger partial charge on any atom is -0.508 e. The molecule has 160 valence electrons. The smallest absolute Gasteiger partial charge is 0.295 e. The van der Waals surface area contributed by atoms with Gasteiger partial charge in [0.2, 0.25) is 5.76 Å². The van der Waals surface area contributed by atoms with E-state index in [0.29, 0.717) is 27.0 Å². The highest BCUT2D eigenvalue weighted by molar-refractivity contribution is 6.32. The summed E-state index contributed by atoms with van der Waals surface area (Å²) in [5.74, 6) is -0.110. The number of halogens is 2. The molecule has 0 aliphatic carbocycles. The Morgan fingerprint density at radius 2 is 1.84 bits per heavy atom. The number of hydrogen-bond donors (Lipinski definition) is 1. The minimum absolute atomic E-state index is 0.00401. The molecule has 1 aromatic heterocycles. The van der Waals surface area contributed by atoms with Gasteiger partial charge in [-0.3, -0.25) is 14.5 Å². The number of carbonyl (C=O) groups excluding carboxylic acids is 1. The highest BCUT2D eigenvalue weighted by Gasteiger charge is 2.44. The number of fused-ring (bicyclic) bond motifs is 2. The Morgan fingerprint density at radius 3 is 2.56 bits per heavy atom. The van der Waals surface area contributed by atoms with Gasteiger partial charge < -0.3 is 14.3 Å². The summed E-state index contributed by atoms with van der Waals surface area (Å²) in [6.45, 7) is 0. The summed E-state index contributed by atoms with van der Waals surface area (Å²) in [5, 5.41) is 11.0. The lowest BCUT2D eigenvalue weighted by molar-refractivity contribution is 0.0971. The van der Waals surface area contributed by atoms with Crippen LogP contribution in [0.15, 0.2) is 69.9 Å². The first kappa shape index (κ1) is 20.4. The number of nitrogens with zero attached hydrogens (tertiary/aromatic N) is 1. The van der Waals surface area contributed by atoms with E-state index in [1.807, 2.05) is 0 Å². The van der Waals surface area contributed by atoms with Crippen molar-refractivity contribution in [2.24, 2.45) is 0 Å². The number of ether oxygens (including phenoxy) is 1. The van der Waals surface area contributed by atoms with Crippen LogP contribution in [-0.4, -0.2) is 18.1 Å². The first-order valence-corrected chi connectivity index (χ1v) is 10.4. The quantitative estimate of drug-likeness (QED) is 0.426. The van der Waals surface area contributed by atoms with Gasteiger partial charge >= 0.3 is 0 Å². The second kappa shape index (κ2) is 7.58. The third-order valence-corrected chi connectivity index (χ3v) is 5.96. The lowest BCUT2D eigenvalue weighted by Gasteiger charge is -2.25. The lowest BCUT2D eigenvalue weighted by Crippen LogP contribution is -2.29. The highest BCUT2D eigenvalue weighted by atomic mass is 35.5. The van der Waals surface area contributed by atoms with E-state index >= 15 is 0 Å². The Kier molecular flexibility index (Phi) is 4.84. The van der Waals surface area contributed by atoms with Crippen molar-refractivity contribution in [3.05, 3.63) is 97.8 Å². The lowest BCUT2D eigenvalue weighted by atomic mass is 9.98. The van der Waals surface area contributed by atoms with Crippen LogP contribution in [-0.2, 0) is 0 Å². The maximum atomic E-state index is 13.5. The van der Waals surface area contributed by atoms with Crippen LogP contribution in [0.3, 0.4) is 0 Å². The predicted molar refractivity (Wildman–Crippen MR) is 122 cm³/mol. The maximum Gasteiger partial charge on any atom is 0.295 e. The van der Waals surface area contributed by atoms with Crippen molar-refractivity contribution in [2.75, 3.05) is 12.0 Å². The second-order valence-corrected chi connectivity index (χ2v) is 8.15. The van der Waals surface area contributed by atoms with E-state index in [2.05, 4.69) is 0 Å². The number of amides is 1. The van der Waals surface area contributed by atoms with Gasteiger partial charge in [0.1, 0.15) is 17.1 Å². The fraction of sp³-hybridized carbons (Fsp3) is 0.0833. The van der Waals surface area contributed by atoms with Crippen molar-refractivity contribution in [1.82, 2.24) is 0 Å². The van der Waals surface area contributed by atoms with Crippen molar-refractivity contribution in [3.63, 3.8) is 0 Å². The molecule has 8 heteroatoms. The van der Waals surface area contributed by atoms with Gasteiger partial charge in [-0.15, -0.1) is 0 Å². The van der Waals surface area contributed by atoms with Crippen molar-refractivity contribution in [1.29, 1.82) is 0 Å². The zero-order chi connectivity index (χ0) is 22.6. The molecule has 1 aliphatic rings. The van der Waals surface area contributed by atoms with E-state index in [-0.39, 0.29) is 33.5 Å². The molecule has 0 radical (unpaired) electrons. The highest BCUT2D eigenvalue weighted by Crippen LogP contribution is 2.43. The number of phenolic OH excluding ortho intramolecular Hbond substituents is 1. The molecular formula is C24H15Cl2NO5. The number of phenols is 1. The predicted octanol–water partition coefficient (Wildman–Crippen LogP) is 5.56. The number of methoxy groups -OCH3 is 1. The summed E-state index contributed by atoms with van der Waals surface area (Å²) in [7, 11) is 1.49. The van der Waals surface area contributed by atoms with E-state index in [9.17, 15) is 14.7 Å². The molecule has 1 aliphatic heterocycles. The zero-order valence-electron chi connectivity index (χ0n) is 16.6. The number of anilines is 1. The monoisotopic (exact) mass is 467 g/mol. The van der Waals surface area contributed by atoms with Gasteiger partial charge in [-0.1, -0.05) is 35.3 Å². The van der Waals surface area contributed by atoms with E-state index in [1.54, 1.807) is 42.5 Å². The summed E-state index contributed by atoms with van der Waals surface area (Å²) < 4.78 is 11.1. The van der Waals surface area contributed by atoms with Crippen LogP contribution in [0.4, 0.5) is 5.69 Å². The molecule has 0 bridgehead atoms. The van der Waals surface area contributed by atoms with Gasteiger partial charge in [0.15, 0.2) is 5.43 Å². The number of carbonyl (C=O) groups is 1. The second-order valence-electron chi connectivity index (χ2n) is 7.31. The molecule has 1 unspecified atom stereocenters. The van der Waals surface area contributed by atoms with Crippen LogP contribution in [0.2, 0.25) is 10.0 Å². The normalized spacial score (nSPS) is 15.3. The van der Waals surface area contributed by atoms with E-state index < -0.39 is 11.9 Å². The van der Waals surface area contributed by atoms with Gasteiger partial charge in [0.25, 0.3) is 5.91 Å². The number of rotatable bonds is 3. The Hall–Kier alpha value is -3.48. The summed E-state index contributed by atoms with van der Waals surface area (Å²) in [5.41, 5.74) is 1.05. The fourth-order valence-electron chi connectivity index (χ4n) is 4.03. The molecular weight excluding hydrogens is 453 g/mol. The average Bonchev–Trinajstić information content (AvgIpc) is 3.07. The third kappa shape index (κ3) is 3.11. The van der Waals surface area contributed by atoms with Gasteiger partial charge in [0, 0.05) is 10.7 Å². The Balaban J connectivity index is 1.81. The van der Waals surface area contributed by atoms with Crippen molar-refractivity contribution in [2.45, 2.75) is 6.04 Å². The molecule has 1 atom stereocenters. The molecule has 6 nitrogen and oxygen atoms in total.